The first-order valence-electron chi connectivity index (χ1n) is 19.1. The Morgan fingerprint density at radius 1 is 0.549 bits per heavy atom. The molecule has 0 aliphatic carbocycles. The van der Waals surface area contributed by atoms with Gasteiger partial charge in [-0.15, -0.1) is 0 Å². The smallest absolute Gasteiger partial charge is 0.221 e. The highest BCUT2D eigenvalue weighted by Crippen LogP contribution is 2.45. The molecule has 4 aliphatic heterocycles. The summed E-state index contributed by atoms with van der Waals surface area (Å²) in [6, 6.07) is 0. The van der Waals surface area contributed by atoms with Gasteiger partial charge in [-0.1, -0.05) is 41.5 Å². The van der Waals surface area contributed by atoms with Crippen LogP contribution in [-0.2, 0) is 25.0 Å². The van der Waals surface area contributed by atoms with Gasteiger partial charge in [-0.05, 0) is 159 Å². The van der Waals surface area contributed by atoms with Crippen molar-refractivity contribution in [3.8, 4) is 11.4 Å². The van der Waals surface area contributed by atoms with Crippen LogP contribution < -0.4 is 0 Å². The summed E-state index contributed by atoms with van der Waals surface area (Å²) in [6.45, 7) is 26.2. The third kappa shape index (κ3) is 4.91. The van der Waals surface area contributed by atoms with Crippen LogP contribution in [0.15, 0.2) is 65.9 Å². The van der Waals surface area contributed by atoms with Crippen molar-refractivity contribution < 1.29 is 5.11 Å². The van der Waals surface area contributed by atoms with E-state index >= 15 is 0 Å². The zero-order valence-corrected chi connectivity index (χ0v) is 32.7. The maximum absolute atomic E-state index is 12.6. The molecule has 1 unspecified atom stereocenters. The van der Waals surface area contributed by atoms with E-state index in [1.807, 2.05) is 6.92 Å². The number of nitrogens with zero attached hydrogens (tertiary/aromatic N) is 3. The average molecular weight is 683 g/mol. The Morgan fingerprint density at radius 3 is 1.47 bits per heavy atom. The average Bonchev–Trinajstić information content (AvgIpc) is 3.91. The first-order valence-corrected chi connectivity index (χ1v) is 19.1. The van der Waals surface area contributed by atoms with Gasteiger partial charge in [0.15, 0.2) is 0 Å². The Balaban J connectivity index is 1.59. The van der Waals surface area contributed by atoms with Crippen LogP contribution in [0.3, 0.4) is 0 Å². The number of aromatic nitrogens is 3. The number of fused-ring (bicyclic) bond motifs is 13. The van der Waals surface area contributed by atoms with Crippen molar-refractivity contribution in [1.29, 1.82) is 0 Å². The molecule has 0 aromatic carbocycles. The fraction of sp³-hybridized carbons (Fsp3) is 0.432. The van der Waals surface area contributed by atoms with Crippen molar-refractivity contribution in [2.45, 2.75) is 127 Å². The number of aromatic amines is 3. The highest BCUT2D eigenvalue weighted by Gasteiger charge is 2.42. The van der Waals surface area contributed by atoms with Gasteiger partial charge in [0.05, 0.1) is 57.0 Å². The van der Waals surface area contributed by atoms with E-state index in [4.69, 9.17) is 15.0 Å². The van der Waals surface area contributed by atoms with Crippen LogP contribution in [0.2, 0.25) is 0 Å². The zero-order valence-electron chi connectivity index (χ0n) is 32.7. The molecule has 7 heterocycles. The summed E-state index contributed by atoms with van der Waals surface area (Å²) in [4.78, 5) is 27.4. The second-order valence-electron chi connectivity index (χ2n) is 14.6. The molecule has 51 heavy (non-hydrogen) atoms. The van der Waals surface area contributed by atoms with Crippen LogP contribution in [0.1, 0.15) is 138 Å². The van der Waals surface area contributed by atoms with E-state index in [1.54, 1.807) is 0 Å². The number of hydrogen-bond donors (Lipinski definition) is 4. The molecule has 0 amide bonds. The standard InChI is InChI=1S/C44H54N6O/c1-13-27-21(7)37-39-23(9)30(16-4)41(48-39)42-31(17-5)24(10)40(49-42)38-22(8)28(14-2)34(46-38)20-36-32(18-6)26(12)44(51,50-36)43-25(11)29(15-3)35(47-43)19-33(27)45-37/h19-20,47-49,51H,13-18H2,1-12H3/b33-19-,34-20-. The number of hydrogen-bond acceptors (Lipinski definition) is 4. The first kappa shape index (κ1) is 34.9. The first-order chi connectivity index (χ1) is 24.4. The van der Waals surface area contributed by atoms with Crippen LogP contribution in [0.4, 0.5) is 0 Å². The van der Waals surface area contributed by atoms with E-state index in [0.29, 0.717) is 0 Å². The van der Waals surface area contributed by atoms with Crippen molar-refractivity contribution in [1.82, 2.24) is 15.0 Å². The summed E-state index contributed by atoms with van der Waals surface area (Å²) in [5.74, 6) is 0. The van der Waals surface area contributed by atoms with Crippen molar-refractivity contribution in [3.63, 3.8) is 0 Å². The molecular weight excluding hydrogens is 629 g/mol. The predicted octanol–water partition coefficient (Wildman–Crippen LogP) is 10.3. The monoisotopic (exact) mass is 682 g/mol. The molecule has 4 aliphatic rings. The summed E-state index contributed by atoms with van der Waals surface area (Å²) in [5.41, 5.74) is 23.4. The lowest BCUT2D eigenvalue weighted by molar-refractivity contribution is 0.0847. The van der Waals surface area contributed by atoms with Crippen LogP contribution in [-0.4, -0.2) is 37.2 Å². The van der Waals surface area contributed by atoms with Gasteiger partial charge in [-0.25, -0.2) is 15.0 Å². The normalized spacial score (nSPS) is 22.0. The quantitative estimate of drug-likeness (QED) is 0.204. The Hall–Kier alpha value is -4.49. The number of H-pyrrole nitrogens is 3. The minimum Gasteiger partial charge on any atom is -0.361 e. The SMILES string of the molecule is CCC1=C(C)C2(O)N=C1/C=C1\N=C(C(C)=C1CC)c1[nH]c(c(CC)c1C)-c1[nH]c(c(C)c1CC)C1=N/C(=C\c3[nH]c2c(C)c3CC)C(CC)=C1C. The maximum Gasteiger partial charge on any atom is 0.221 e. The number of aliphatic hydroxyl groups is 1. The highest BCUT2D eigenvalue weighted by molar-refractivity contribution is 6.18. The maximum atomic E-state index is 12.6. The topological polar surface area (TPSA) is 105 Å². The van der Waals surface area contributed by atoms with E-state index in [9.17, 15) is 5.11 Å². The lowest BCUT2D eigenvalue weighted by Crippen LogP contribution is -2.24. The Labute approximate surface area is 303 Å². The van der Waals surface area contributed by atoms with Crippen molar-refractivity contribution >= 4 is 23.2 Å². The molecule has 12 bridgehead atoms. The van der Waals surface area contributed by atoms with E-state index in [-0.39, 0.29) is 0 Å². The van der Waals surface area contributed by atoms with E-state index in [1.165, 1.54) is 50.1 Å². The largest absolute Gasteiger partial charge is 0.361 e. The molecule has 7 nitrogen and oxygen atoms in total. The summed E-state index contributed by atoms with van der Waals surface area (Å²) in [6.07, 6.45) is 9.40. The Kier molecular flexibility index (Phi) is 8.65. The lowest BCUT2D eigenvalue weighted by atomic mass is 9.93. The van der Waals surface area contributed by atoms with E-state index < -0.39 is 5.72 Å². The van der Waals surface area contributed by atoms with Crippen LogP contribution in [0.5, 0.6) is 0 Å². The molecule has 4 N–H and O–H groups in total. The Morgan fingerprint density at radius 2 is 1.02 bits per heavy atom. The molecule has 3 aromatic rings. The molecule has 0 saturated heterocycles. The molecule has 3 aromatic heterocycles. The number of aliphatic imine (C=N–C) groups is 3. The number of nitrogens with one attached hydrogen (secondary N) is 3. The minimum absolute atomic E-state index is 0.732. The molecular formula is C44H54N6O. The lowest BCUT2D eigenvalue weighted by Gasteiger charge is -2.22. The highest BCUT2D eigenvalue weighted by atomic mass is 16.3. The van der Waals surface area contributed by atoms with Crippen LogP contribution in [0, 0.1) is 20.8 Å². The molecule has 0 spiro atoms. The number of rotatable bonds is 6. The third-order valence-electron chi connectivity index (χ3n) is 12.2. The van der Waals surface area contributed by atoms with Gasteiger partial charge < -0.3 is 20.1 Å². The molecule has 0 fully saturated rings. The van der Waals surface area contributed by atoms with Gasteiger partial charge in [0.2, 0.25) is 5.72 Å². The van der Waals surface area contributed by atoms with Crippen molar-refractivity contribution in [2.24, 2.45) is 15.0 Å². The summed E-state index contributed by atoms with van der Waals surface area (Å²) in [5, 5.41) is 12.6. The second-order valence-corrected chi connectivity index (χ2v) is 14.6. The van der Waals surface area contributed by atoms with Crippen molar-refractivity contribution in [2.75, 3.05) is 0 Å². The fourth-order valence-electron chi connectivity index (χ4n) is 9.27. The fourth-order valence-corrected chi connectivity index (χ4v) is 9.27. The van der Waals surface area contributed by atoms with E-state index in [2.05, 4.69) is 103 Å². The van der Waals surface area contributed by atoms with Crippen molar-refractivity contribution in [3.05, 3.63) is 107 Å². The van der Waals surface area contributed by atoms with Gasteiger partial charge in [0.25, 0.3) is 0 Å². The van der Waals surface area contributed by atoms with E-state index in [0.717, 1.165) is 118 Å². The van der Waals surface area contributed by atoms with Crippen LogP contribution in [0.25, 0.3) is 17.5 Å². The summed E-state index contributed by atoms with van der Waals surface area (Å²) < 4.78 is 0. The molecule has 7 heteroatoms. The minimum atomic E-state index is -1.50. The molecule has 1 atom stereocenters. The summed E-state index contributed by atoms with van der Waals surface area (Å²) >= 11 is 0. The predicted molar refractivity (Wildman–Crippen MR) is 213 cm³/mol. The Bertz CT molecular complexity index is 2280. The molecule has 0 saturated carbocycles. The van der Waals surface area contributed by atoms with Gasteiger partial charge in [0.1, 0.15) is 0 Å². The molecule has 7 rings (SSSR count). The third-order valence-corrected chi connectivity index (χ3v) is 12.2. The number of allylic oxidation sites excluding steroid dienone is 6. The van der Waals surface area contributed by atoms with Gasteiger partial charge in [-0.3, -0.25) is 0 Å². The zero-order chi connectivity index (χ0) is 36.7. The van der Waals surface area contributed by atoms with Crippen LogP contribution >= 0.6 is 0 Å². The van der Waals surface area contributed by atoms with Gasteiger partial charge in [-0.2, -0.15) is 0 Å². The summed E-state index contributed by atoms with van der Waals surface area (Å²) in [7, 11) is 0. The molecule has 0 radical (unpaired) electrons. The van der Waals surface area contributed by atoms with Gasteiger partial charge in [0, 0.05) is 5.69 Å². The van der Waals surface area contributed by atoms with Gasteiger partial charge >= 0.3 is 0 Å². The molecule has 266 valence electrons. The second kappa shape index (κ2) is 12.6.